The van der Waals surface area contributed by atoms with Crippen molar-refractivity contribution in [1.29, 1.82) is 5.26 Å². The number of hydrogen-bond acceptors (Lipinski definition) is 2. The van der Waals surface area contributed by atoms with Gasteiger partial charge in [-0.1, -0.05) is 17.9 Å². The maximum absolute atomic E-state index is 8.83. The third-order valence-corrected chi connectivity index (χ3v) is 1.76. The minimum atomic E-state index is 0.0563. The van der Waals surface area contributed by atoms with Crippen molar-refractivity contribution in [2.75, 3.05) is 6.61 Å². The van der Waals surface area contributed by atoms with Crippen LogP contribution in [0.15, 0.2) is 18.2 Å². The Bertz CT molecular complexity index is 418. The lowest BCUT2D eigenvalue weighted by Crippen LogP contribution is -1.85. The highest BCUT2D eigenvalue weighted by Gasteiger charge is 1.97. The average molecular weight is 185 g/mol. The summed E-state index contributed by atoms with van der Waals surface area (Å²) in [5.74, 6) is 5.65. The van der Waals surface area contributed by atoms with Crippen LogP contribution in [0.1, 0.15) is 23.1 Å². The van der Waals surface area contributed by atoms with E-state index in [1.807, 2.05) is 25.1 Å². The first-order valence-electron chi connectivity index (χ1n) is 4.38. The summed E-state index contributed by atoms with van der Waals surface area (Å²) in [6, 6.07) is 7.66. The lowest BCUT2D eigenvalue weighted by atomic mass is 10.1. The molecule has 1 N–H and O–H groups in total. The Morgan fingerprint density at radius 1 is 1.36 bits per heavy atom. The van der Waals surface area contributed by atoms with E-state index in [0.717, 1.165) is 11.1 Å². The molecule has 0 heterocycles. The Balaban J connectivity index is 3.00. The molecule has 0 atom stereocenters. The predicted molar refractivity (Wildman–Crippen MR) is 54.5 cm³/mol. The molecule has 0 fully saturated rings. The smallest absolute Gasteiger partial charge is 0.100 e. The second kappa shape index (κ2) is 5.07. The highest BCUT2D eigenvalue weighted by molar-refractivity contribution is 5.49. The fraction of sp³-hybridized carbons (Fsp3) is 0.250. The fourth-order valence-electron chi connectivity index (χ4n) is 1.07. The number of rotatable bonds is 1. The standard InChI is InChI=1S/C12H11NO/c1-10-5-6-11(4-2-3-7-14)12(8-10)9-13/h5-6,8,14H,3,7H2,1H3. The van der Waals surface area contributed by atoms with Gasteiger partial charge in [0.1, 0.15) is 6.07 Å². The highest BCUT2D eigenvalue weighted by Crippen LogP contribution is 2.09. The number of aryl methyl sites for hydroxylation is 1. The molecule has 0 radical (unpaired) electrons. The Hall–Kier alpha value is -1.77. The molecule has 2 nitrogen and oxygen atoms in total. The molecule has 1 rings (SSSR count). The molecule has 0 aliphatic heterocycles. The van der Waals surface area contributed by atoms with Crippen LogP contribution in [0.3, 0.4) is 0 Å². The number of nitriles is 1. The van der Waals surface area contributed by atoms with E-state index in [2.05, 4.69) is 17.9 Å². The molecule has 0 spiro atoms. The van der Waals surface area contributed by atoms with Crippen LogP contribution in [-0.2, 0) is 0 Å². The van der Waals surface area contributed by atoms with Crippen molar-refractivity contribution < 1.29 is 5.11 Å². The summed E-state index contributed by atoms with van der Waals surface area (Å²) in [6.45, 7) is 1.99. The molecule has 0 unspecified atom stereocenters. The van der Waals surface area contributed by atoms with Crippen LogP contribution in [-0.4, -0.2) is 11.7 Å². The zero-order chi connectivity index (χ0) is 10.4. The van der Waals surface area contributed by atoms with Crippen molar-refractivity contribution in [3.8, 4) is 17.9 Å². The Morgan fingerprint density at radius 3 is 2.79 bits per heavy atom. The molecule has 0 bridgehead atoms. The van der Waals surface area contributed by atoms with Gasteiger partial charge in [0.2, 0.25) is 0 Å². The minimum absolute atomic E-state index is 0.0563. The first-order valence-corrected chi connectivity index (χ1v) is 4.38. The van der Waals surface area contributed by atoms with Gasteiger partial charge < -0.3 is 5.11 Å². The van der Waals surface area contributed by atoms with Gasteiger partial charge in [0.15, 0.2) is 0 Å². The molecule has 0 aliphatic rings. The van der Waals surface area contributed by atoms with Crippen LogP contribution in [0.4, 0.5) is 0 Å². The Morgan fingerprint density at radius 2 is 2.14 bits per heavy atom. The zero-order valence-electron chi connectivity index (χ0n) is 8.04. The molecule has 0 amide bonds. The van der Waals surface area contributed by atoms with E-state index in [-0.39, 0.29) is 6.61 Å². The van der Waals surface area contributed by atoms with Gasteiger partial charge in [-0.2, -0.15) is 5.26 Å². The molecule has 1 aromatic rings. The van der Waals surface area contributed by atoms with Crippen molar-refractivity contribution in [2.45, 2.75) is 13.3 Å². The predicted octanol–water partition coefficient (Wildman–Crippen LogP) is 1.60. The SMILES string of the molecule is Cc1ccc(C#CCCO)c(C#N)c1. The van der Waals surface area contributed by atoms with E-state index in [9.17, 15) is 0 Å². The van der Waals surface area contributed by atoms with E-state index < -0.39 is 0 Å². The van der Waals surface area contributed by atoms with Gasteiger partial charge in [-0.3, -0.25) is 0 Å². The van der Waals surface area contributed by atoms with Crippen LogP contribution in [0.2, 0.25) is 0 Å². The third-order valence-electron chi connectivity index (χ3n) is 1.76. The first-order chi connectivity index (χ1) is 6.77. The largest absolute Gasteiger partial charge is 0.395 e. The number of aliphatic hydroxyl groups excluding tert-OH is 1. The molecule has 0 aromatic heterocycles. The van der Waals surface area contributed by atoms with Crippen LogP contribution < -0.4 is 0 Å². The van der Waals surface area contributed by atoms with Crippen LogP contribution in [0.25, 0.3) is 0 Å². The fourth-order valence-corrected chi connectivity index (χ4v) is 1.07. The normalized spacial score (nSPS) is 8.64. The molecule has 0 saturated heterocycles. The number of benzene rings is 1. The van der Waals surface area contributed by atoms with Crippen LogP contribution >= 0.6 is 0 Å². The van der Waals surface area contributed by atoms with E-state index >= 15 is 0 Å². The van der Waals surface area contributed by atoms with Gasteiger partial charge in [-0.15, -0.1) is 0 Å². The van der Waals surface area contributed by atoms with Gasteiger partial charge in [0.05, 0.1) is 12.2 Å². The Labute approximate surface area is 83.8 Å². The minimum Gasteiger partial charge on any atom is -0.395 e. The maximum Gasteiger partial charge on any atom is 0.100 e. The Kier molecular flexibility index (Phi) is 3.73. The molecule has 70 valence electrons. The van der Waals surface area contributed by atoms with Crippen molar-refractivity contribution in [3.63, 3.8) is 0 Å². The van der Waals surface area contributed by atoms with E-state index in [0.29, 0.717) is 12.0 Å². The lowest BCUT2D eigenvalue weighted by molar-refractivity contribution is 0.305. The molecule has 1 aromatic carbocycles. The van der Waals surface area contributed by atoms with Gasteiger partial charge in [-0.05, 0) is 24.6 Å². The van der Waals surface area contributed by atoms with Crippen molar-refractivity contribution in [1.82, 2.24) is 0 Å². The maximum atomic E-state index is 8.83. The monoisotopic (exact) mass is 185 g/mol. The molecular weight excluding hydrogens is 174 g/mol. The van der Waals surface area contributed by atoms with Gasteiger partial charge in [0.25, 0.3) is 0 Å². The zero-order valence-corrected chi connectivity index (χ0v) is 8.04. The topological polar surface area (TPSA) is 44.0 Å². The number of hydrogen-bond donors (Lipinski definition) is 1. The summed E-state index contributed by atoms with van der Waals surface area (Å²) in [5.41, 5.74) is 2.37. The van der Waals surface area contributed by atoms with E-state index in [1.165, 1.54) is 0 Å². The van der Waals surface area contributed by atoms with Crippen LogP contribution in [0.5, 0.6) is 0 Å². The van der Waals surface area contributed by atoms with Gasteiger partial charge >= 0.3 is 0 Å². The summed E-state index contributed by atoms with van der Waals surface area (Å²) in [6.07, 6.45) is 0.443. The summed E-state index contributed by atoms with van der Waals surface area (Å²) in [5, 5.41) is 17.4. The van der Waals surface area contributed by atoms with Crippen LogP contribution in [0, 0.1) is 30.1 Å². The molecule has 2 heteroatoms. The molecule has 0 saturated carbocycles. The van der Waals surface area contributed by atoms with E-state index in [4.69, 9.17) is 10.4 Å². The van der Waals surface area contributed by atoms with E-state index in [1.54, 1.807) is 0 Å². The lowest BCUT2D eigenvalue weighted by Gasteiger charge is -1.96. The first kappa shape index (κ1) is 10.3. The highest BCUT2D eigenvalue weighted by atomic mass is 16.2. The van der Waals surface area contributed by atoms with Crippen molar-refractivity contribution in [2.24, 2.45) is 0 Å². The summed E-state index contributed by atoms with van der Waals surface area (Å²) in [4.78, 5) is 0. The number of aliphatic hydroxyl groups is 1. The van der Waals surface area contributed by atoms with Gasteiger partial charge in [-0.25, -0.2) is 0 Å². The number of nitrogens with zero attached hydrogens (tertiary/aromatic N) is 1. The third kappa shape index (κ3) is 2.62. The van der Waals surface area contributed by atoms with Crippen molar-refractivity contribution in [3.05, 3.63) is 34.9 Å². The second-order valence-electron chi connectivity index (χ2n) is 2.94. The quantitative estimate of drug-likeness (QED) is 0.675. The summed E-state index contributed by atoms with van der Waals surface area (Å²) < 4.78 is 0. The second-order valence-corrected chi connectivity index (χ2v) is 2.94. The van der Waals surface area contributed by atoms with Crippen molar-refractivity contribution >= 4 is 0 Å². The molecule has 0 aliphatic carbocycles. The average Bonchev–Trinajstić information content (AvgIpc) is 2.20. The summed E-state index contributed by atoms with van der Waals surface area (Å²) in [7, 11) is 0. The van der Waals surface area contributed by atoms with Gasteiger partial charge in [0, 0.05) is 12.0 Å². The molecular formula is C12H11NO. The summed E-state index contributed by atoms with van der Waals surface area (Å²) >= 11 is 0. The molecule has 14 heavy (non-hydrogen) atoms.